The maximum atomic E-state index is 12.7. The third-order valence-corrected chi connectivity index (χ3v) is 3.76. The Balaban J connectivity index is 1.75. The maximum Gasteiger partial charge on any atom is 0.249 e. The monoisotopic (exact) mass is 288 g/mol. The van der Waals surface area contributed by atoms with E-state index in [0.29, 0.717) is 6.42 Å². The summed E-state index contributed by atoms with van der Waals surface area (Å²) in [5.74, 6) is -0.197. The summed E-state index contributed by atoms with van der Waals surface area (Å²) >= 11 is 0. The van der Waals surface area contributed by atoms with Crippen molar-refractivity contribution < 1.29 is 18.7 Å². The predicted molar refractivity (Wildman–Crippen MR) is 73.4 cm³/mol. The van der Waals surface area contributed by atoms with Crippen LogP contribution in [0.4, 0.5) is 4.39 Å². The standard InChI is InChI=1S/C14H25FN2O3/c1-14(2,10-15)16-13(18)12-4-3-11(20-12)9-17-5-7-19-8-6-17/h11-12H,3-10H2,1-2H3,(H,16,18)/t11-,12+/m1/s1. The highest BCUT2D eigenvalue weighted by Gasteiger charge is 2.34. The minimum atomic E-state index is -0.817. The Morgan fingerprint density at radius 3 is 2.70 bits per heavy atom. The second-order valence-corrected chi connectivity index (χ2v) is 6.24. The van der Waals surface area contributed by atoms with Crippen molar-refractivity contribution in [1.82, 2.24) is 10.2 Å². The molecule has 0 aromatic carbocycles. The van der Waals surface area contributed by atoms with E-state index >= 15 is 0 Å². The van der Waals surface area contributed by atoms with Crippen molar-refractivity contribution >= 4 is 5.91 Å². The van der Waals surface area contributed by atoms with Crippen LogP contribution in [0.2, 0.25) is 0 Å². The van der Waals surface area contributed by atoms with Crippen molar-refractivity contribution in [1.29, 1.82) is 0 Å². The summed E-state index contributed by atoms with van der Waals surface area (Å²) < 4.78 is 23.8. The minimum absolute atomic E-state index is 0.0948. The van der Waals surface area contributed by atoms with Gasteiger partial charge in [-0.25, -0.2) is 4.39 Å². The van der Waals surface area contributed by atoms with Crippen LogP contribution in [0, 0.1) is 0 Å². The van der Waals surface area contributed by atoms with Crippen molar-refractivity contribution in [2.45, 2.75) is 44.4 Å². The van der Waals surface area contributed by atoms with Gasteiger partial charge < -0.3 is 14.8 Å². The SMILES string of the molecule is CC(C)(CF)NC(=O)[C@@H]1CC[C@H](CN2CCOCC2)O1. The first-order chi connectivity index (χ1) is 9.50. The average Bonchev–Trinajstić information content (AvgIpc) is 2.88. The van der Waals surface area contributed by atoms with Gasteiger partial charge in [-0.15, -0.1) is 0 Å². The zero-order valence-corrected chi connectivity index (χ0v) is 12.4. The first-order valence-electron chi connectivity index (χ1n) is 7.34. The fourth-order valence-corrected chi connectivity index (χ4v) is 2.55. The van der Waals surface area contributed by atoms with Gasteiger partial charge in [-0.3, -0.25) is 9.69 Å². The average molecular weight is 288 g/mol. The maximum absolute atomic E-state index is 12.7. The number of amides is 1. The molecule has 0 radical (unpaired) electrons. The molecule has 0 aliphatic carbocycles. The molecule has 2 aliphatic heterocycles. The first-order valence-corrected chi connectivity index (χ1v) is 7.34. The van der Waals surface area contributed by atoms with Gasteiger partial charge in [0.1, 0.15) is 12.8 Å². The van der Waals surface area contributed by atoms with E-state index in [2.05, 4.69) is 10.2 Å². The molecule has 5 nitrogen and oxygen atoms in total. The minimum Gasteiger partial charge on any atom is -0.379 e. The highest BCUT2D eigenvalue weighted by Crippen LogP contribution is 2.22. The number of hydrogen-bond donors (Lipinski definition) is 1. The fourth-order valence-electron chi connectivity index (χ4n) is 2.55. The van der Waals surface area contributed by atoms with Crippen molar-refractivity contribution in [3.63, 3.8) is 0 Å². The van der Waals surface area contributed by atoms with Crippen LogP contribution in [-0.2, 0) is 14.3 Å². The Morgan fingerprint density at radius 2 is 2.05 bits per heavy atom. The van der Waals surface area contributed by atoms with Gasteiger partial charge in [-0.05, 0) is 26.7 Å². The molecule has 0 aromatic heterocycles. The Labute approximate surface area is 119 Å². The highest BCUT2D eigenvalue weighted by molar-refractivity contribution is 5.81. The molecule has 2 atom stereocenters. The summed E-state index contributed by atoms with van der Waals surface area (Å²) in [7, 11) is 0. The Morgan fingerprint density at radius 1 is 1.35 bits per heavy atom. The lowest BCUT2D eigenvalue weighted by Crippen LogP contribution is -2.49. The molecule has 0 bridgehead atoms. The molecule has 2 aliphatic rings. The number of rotatable bonds is 5. The zero-order valence-electron chi connectivity index (χ0n) is 12.4. The number of morpholine rings is 1. The van der Waals surface area contributed by atoms with Crippen LogP contribution in [0.5, 0.6) is 0 Å². The van der Waals surface area contributed by atoms with Gasteiger partial charge in [0.15, 0.2) is 0 Å². The number of hydrogen-bond acceptors (Lipinski definition) is 4. The molecule has 2 heterocycles. The van der Waals surface area contributed by atoms with Gasteiger partial charge in [0, 0.05) is 19.6 Å². The zero-order chi connectivity index (χ0) is 14.6. The number of nitrogens with zero attached hydrogens (tertiary/aromatic N) is 1. The van der Waals surface area contributed by atoms with E-state index in [9.17, 15) is 9.18 Å². The predicted octanol–water partition coefficient (Wildman–Crippen LogP) is 0.730. The van der Waals surface area contributed by atoms with Crippen LogP contribution >= 0.6 is 0 Å². The molecule has 0 aromatic rings. The second kappa shape index (κ2) is 6.83. The molecule has 1 amide bonds. The Hall–Kier alpha value is -0.720. The molecule has 2 saturated heterocycles. The molecule has 0 saturated carbocycles. The van der Waals surface area contributed by atoms with E-state index in [1.165, 1.54) is 0 Å². The van der Waals surface area contributed by atoms with Crippen LogP contribution in [-0.4, -0.2) is 68.1 Å². The van der Waals surface area contributed by atoms with Crippen molar-refractivity contribution in [3.05, 3.63) is 0 Å². The van der Waals surface area contributed by atoms with E-state index in [-0.39, 0.29) is 12.0 Å². The molecule has 2 rings (SSSR count). The molecule has 6 heteroatoms. The molecule has 0 unspecified atom stereocenters. The van der Waals surface area contributed by atoms with Gasteiger partial charge in [0.25, 0.3) is 0 Å². The van der Waals surface area contributed by atoms with Crippen molar-refractivity contribution in [2.24, 2.45) is 0 Å². The Kier molecular flexibility index (Phi) is 5.35. The quantitative estimate of drug-likeness (QED) is 0.810. The molecule has 2 fully saturated rings. The number of halogens is 1. The summed E-state index contributed by atoms with van der Waals surface area (Å²) in [5, 5.41) is 2.70. The van der Waals surface area contributed by atoms with Crippen LogP contribution in [0.3, 0.4) is 0 Å². The van der Waals surface area contributed by atoms with Gasteiger partial charge in [0.05, 0.1) is 24.9 Å². The smallest absolute Gasteiger partial charge is 0.249 e. The number of ether oxygens (including phenoxy) is 2. The molecular weight excluding hydrogens is 263 g/mol. The normalized spacial score (nSPS) is 28.6. The van der Waals surface area contributed by atoms with Crippen LogP contribution in [0.1, 0.15) is 26.7 Å². The first kappa shape index (κ1) is 15.7. The van der Waals surface area contributed by atoms with Crippen molar-refractivity contribution in [2.75, 3.05) is 39.5 Å². The van der Waals surface area contributed by atoms with E-state index in [1.807, 2.05) is 0 Å². The van der Waals surface area contributed by atoms with E-state index in [0.717, 1.165) is 39.3 Å². The highest BCUT2D eigenvalue weighted by atomic mass is 19.1. The molecular formula is C14H25FN2O3. The lowest BCUT2D eigenvalue weighted by atomic mass is 10.1. The second-order valence-electron chi connectivity index (χ2n) is 6.24. The largest absolute Gasteiger partial charge is 0.379 e. The van der Waals surface area contributed by atoms with Gasteiger partial charge >= 0.3 is 0 Å². The van der Waals surface area contributed by atoms with Crippen molar-refractivity contribution in [3.8, 4) is 0 Å². The van der Waals surface area contributed by atoms with Gasteiger partial charge in [0.2, 0.25) is 5.91 Å². The van der Waals surface area contributed by atoms with E-state index in [4.69, 9.17) is 9.47 Å². The van der Waals surface area contributed by atoms with Gasteiger partial charge in [-0.2, -0.15) is 0 Å². The fraction of sp³-hybridized carbons (Fsp3) is 0.929. The van der Waals surface area contributed by atoms with Crippen LogP contribution in [0.25, 0.3) is 0 Å². The third kappa shape index (κ3) is 4.40. The summed E-state index contributed by atoms with van der Waals surface area (Å²) in [6.45, 7) is 6.98. The number of alkyl halides is 1. The summed E-state index contributed by atoms with van der Waals surface area (Å²) in [6.07, 6.45) is 1.25. The van der Waals surface area contributed by atoms with Crippen LogP contribution < -0.4 is 5.32 Å². The summed E-state index contributed by atoms with van der Waals surface area (Å²) in [6, 6.07) is 0. The molecule has 0 spiro atoms. The number of carbonyl (C=O) groups is 1. The number of carbonyl (C=O) groups excluding carboxylic acids is 1. The molecule has 116 valence electrons. The lowest BCUT2D eigenvalue weighted by molar-refractivity contribution is -0.134. The topological polar surface area (TPSA) is 50.8 Å². The summed E-state index contributed by atoms with van der Waals surface area (Å²) in [5.41, 5.74) is -0.817. The lowest BCUT2D eigenvalue weighted by Gasteiger charge is -2.29. The molecule has 20 heavy (non-hydrogen) atoms. The third-order valence-electron chi connectivity index (χ3n) is 3.76. The molecule has 1 N–H and O–H groups in total. The van der Waals surface area contributed by atoms with Crippen LogP contribution in [0.15, 0.2) is 0 Å². The summed E-state index contributed by atoms with van der Waals surface area (Å²) in [4.78, 5) is 14.3. The Bertz CT molecular complexity index is 332. The number of nitrogens with one attached hydrogen (secondary N) is 1. The van der Waals surface area contributed by atoms with E-state index < -0.39 is 18.3 Å². The van der Waals surface area contributed by atoms with Gasteiger partial charge in [-0.1, -0.05) is 0 Å². The van der Waals surface area contributed by atoms with E-state index in [1.54, 1.807) is 13.8 Å².